The van der Waals surface area contributed by atoms with E-state index < -0.39 is 17.3 Å². The summed E-state index contributed by atoms with van der Waals surface area (Å²) < 4.78 is 45.8. The molecule has 0 aliphatic carbocycles. The Kier molecular flexibility index (Phi) is 6.77. The van der Waals surface area contributed by atoms with Gasteiger partial charge in [-0.25, -0.2) is 4.98 Å². The smallest absolute Gasteiger partial charge is 0.378 e. The number of benzene rings is 1. The molecule has 1 amide bonds. The first-order chi connectivity index (χ1) is 13.9. The van der Waals surface area contributed by atoms with Gasteiger partial charge in [-0.15, -0.1) is 11.8 Å². The zero-order chi connectivity index (χ0) is 20.9. The number of morpholine rings is 1. The number of amides is 1. The Morgan fingerprint density at radius 3 is 2.55 bits per heavy atom. The van der Waals surface area contributed by atoms with E-state index >= 15 is 0 Å². The van der Waals surface area contributed by atoms with Crippen molar-refractivity contribution in [1.29, 1.82) is 5.26 Å². The zero-order valence-electron chi connectivity index (χ0n) is 15.4. The van der Waals surface area contributed by atoms with Crippen LogP contribution in [0.3, 0.4) is 0 Å². The molecule has 0 atom stereocenters. The van der Waals surface area contributed by atoms with Crippen molar-refractivity contribution >= 4 is 17.7 Å². The number of nitrogens with zero attached hydrogens (tertiary/aromatic N) is 3. The van der Waals surface area contributed by atoms with Crippen molar-refractivity contribution < 1.29 is 22.7 Å². The molecule has 29 heavy (non-hydrogen) atoms. The number of carbonyl (C=O) groups is 1. The van der Waals surface area contributed by atoms with Crippen LogP contribution in [-0.2, 0) is 15.7 Å². The molecular formula is C20H18F3N3O2S. The summed E-state index contributed by atoms with van der Waals surface area (Å²) in [4.78, 5) is 18.2. The van der Waals surface area contributed by atoms with Crippen molar-refractivity contribution in [3.05, 3.63) is 47.5 Å². The number of rotatable bonds is 5. The van der Waals surface area contributed by atoms with Gasteiger partial charge in [0.25, 0.3) is 0 Å². The minimum atomic E-state index is -4.68. The lowest BCUT2D eigenvalue weighted by Gasteiger charge is -2.26. The van der Waals surface area contributed by atoms with E-state index in [0.29, 0.717) is 31.9 Å². The summed E-state index contributed by atoms with van der Waals surface area (Å²) in [7, 11) is 0. The number of aromatic nitrogens is 1. The van der Waals surface area contributed by atoms with E-state index in [1.165, 1.54) is 0 Å². The molecule has 1 aromatic carbocycles. The number of alkyl halides is 3. The molecule has 3 rings (SSSR count). The van der Waals surface area contributed by atoms with E-state index in [0.717, 1.165) is 17.8 Å². The fraction of sp³-hybridized carbons (Fsp3) is 0.350. The van der Waals surface area contributed by atoms with Crippen molar-refractivity contribution in [3.8, 4) is 17.3 Å². The summed E-state index contributed by atoms with van der Waals surface area (Å²) in [5.41, 5.74) is -0.871. The van der Waals surface area contributed by atoms with E-state index in [-0.39, 0.29) is 28.8 Å². The molecule has 1 aliphatic rings. The molecule has 1 aliphatic heterocycles. The largest absolute Gasteiger partial charge is 0.417 e. The van der Waals surface area contributed by atoms with Crippen LogP contribution in [0, 0.1) is 11.3 Å². The molecule has 5 nitrogen and oxygen atoms in total. The number of carbonyl (C=O) groups excluding carboxylic acids is 1. The van der Waals surface area contributed by atoms with E-state index in [1.54, 1.807) is 41.3 Å². The van der Waals surface area contributed by atoms with E-state index in [4.69, 9.17) is 4.74 Å². The Morgan fingerprint density at radius 1 is 1.24 bits per heavy atom. The number of hydrogen-bond donors (Lipinski definition) is 0. The van der Waals surface area contributed by atoms with Gasteiger partial charge in [0.1, 0.15) is 11.1 Å². The summed E-state index contributed by atoms with van der Waals surface area (Å²) in [5, 5.41) is 9.33. The highest BCUT2D eigenvalue weighted by molar-refractivity contribution is 7.99. The molecule has 0 radical (unpaired) electrons. The van der Waals surface area contributed by atoms with Gasteiger partial charge in [-0.2, -0.15) is 18.4 Å². The van der Waals surface area contributed by atoms with Gasteiger partial charge < -0.3 is 9.64 Å². The summed E-state index contributed by atoms with van der Waals surface area (Å²) in [6.07, 6.45) is -4.54. The number of hydrogen-bond acceptors (Lipinski definition) is 5. The lowest BCUT2D eigenvalue weighted by atomic mass is 10.1. The molecule has 0 spiro atoms. The number of ether oxygens (including phenoxy) is 1. The van der Waals surface area contributed by atoms with Crippen LogP contribution in [0.15, 0.2) is 41.4 Å². The first-order valence-corrected chi connectivity index (χ1v) is 9.95. The molecule has 2 heterocycles. The maximum Gasteiger partial charge on any atom is 0.417 e. The molecule has 9 heteroatoms. The van der Waals surface area contributed by atoms with Gasteiger partial charge in [-0.3, -0.25) is 4.79 Å². The van der Waals surface area contributed by atoms with Gasteiger partial charge in [0.15, 0.2) is 0 Å². The number of halogens is 3. The highest BCUT2D eigenvalue weighted by atomic mass is 32.2. The Morgan fingerprint density at radius 2 is 1.93 bits per heavy atom. The molecule has 0 saturated carbocycles. The van der Waals surface area contributed by atoms with Crippen LogP contribution in [0.25, 0.3) is 11.3 Å². The highest BCUT2D eigenvalue weighted by Gasteiger charge is 2.36. The first kappa shape index (κ1) is 21.1. The molecule has 1 aromatic heterocycles. The van der Waals surface area contributed by atoms with Gasteiger partial charge in [0, 0.05) is 30.8 Å². The average molecular weight is 421 g/mol. The second-order valence-electron chi connectivity index (χ2n) is 6.30. The summed E-state index contributed by atoms with van der Waals surface area (Å²) in [6, 6.07) is 11.0. The minimum Gasteiger partial charge on any atom is -0.378 e. The topological polar surface area (TPSA) is 66.2 Å². The lowest BCUT2D eigenvalue weighted by molar-refractivity contribution is -0.138. The monoisotopic (exact) mass is 421 g/mol. The van der Waals surface area contributed by atoms with Crippen molar-refractivity contribution in [2.45, 2.75) is 17.6 Å². The maximum atomic E-state index is 13.5. The molecule has 2 aromatic rings. The van der Waals surface area contributed by atoms with E-state index in [9.17, 15) is 23.2 Å². The van der Waals surface area contributed by atoms with Crippen LogP contribution >= 0.6 is 11.8 Å². The van der Waals surface area contributed by atoms with Gasteiger partial charge >= 0.3 is 6.18 Å². The summed E-state index contributed by atoms with van der Waals surface area (Å²) in [6.45, 7) is 1.97. The van der Waals surface area contributed by atoms with Gasteiger partial charge in [-0.05, 0) is 6.07 Å². The molecule has 0 bridgehead atoms. The van der Waals surface area contributed by atoms with Crippen LogP contribution in [-0.4, -0.2) is 47.8 Å². The Labute approximate surface area is 170 Å². The Balaban J connectivity index is 1.84. The molecule has 1 saturated heterocycles. The van der Waals surface area contributed by atoms with Crippen molar-refractivity contribution in [2.75, 3.05) is 32.1 Å². The summed E-state index contributed by atoms with van der Waals surface area (Å²) >= 11 is 0.991. The van der Waals surface area contributed by atoms with Gasteiger partial charge in [0.05, 0.1) is 30.0 Å². The fourth-order valence-corrected chi connectivity index (χ4v) is 3.85. The average Bonchev–Trinajstić information content (AvgIpc) is 2.73. The van der Waals surface area contributed by atoms with E-state index in [2.05, 4.69) is 4.98 Å². The van der Waals surface area contributed by atoms with Gasteiger partial charge in [0.2, 0.25) is 5.91 Å². The third-order valence-corrected chi connectivity index (χ3v) is 5.37. The Bertz CT molecular complexity index is 908. The quantitative estimate of drug-likeness (QED) is 0.684. The third kappa shape index (κ3) is 5.28. The number of nitriles is 1. The fourth-order valence-electron chi connectivity index (χ4n) is 2.92. The number of thioether (sulfide) groups is 1. The predicted octanol–water partition coefficient (Wildman–Crippen LogP) is 3.98. The molecule has 1 fully saturated rings. The molecule has 0 unspecified atom stereocenters. The second-order valence-corrected chi connectivity index (χ2v) is 7.39. The van der Waals surface area contributed by atoms with Crippen LogP contribution in [0.1, 0.15) is 17.5 Å². The Hall–Kier alpha value is -2.57. The maximum absolute atomic E-state index is 13.5. The van der Waals surface area contributed by atoms with Crippen molar-refractivity contribution in [1.82, 2.24) is 9.88 Å². The zero-order valence-corrected chi connectivity index (χ0v) is 16.2. The first-order valence-electron chi connectivity index (χ1n) is 8.96. The van der Waals surface area contributed by atoms with Gasteiger partial charge in [-0.1, -0.05) is 30.3 Å². The second kappa shape index (κ2) is 9.29. The van der Waals surface area contributed by atoms with Crippen LogP contribution in [0.2, 0.25) is 0 Å². The molecular weight excluding hydrogens is 403 g/mol. The lowest BCUT2D eigenvalue weighted by Crippen LogP contribution is -2.40. The molecule has 0 N–H and O–H groups in total. The van der Waals surface area contributed by atoms with Crippen LogP contribution in [0.5, 0.6) is 0 Å². The van der Waals surface area contributed by atoms with Crippen LogP contribution in [0.4, 0.5) is 13.2 Å². The third-order valence-electron chi connectivity index (χ3n) is 4.39. The van der Waals surface area contributed by atoms with E-state index in [1.807, 2.05) is 0 Å². The van der Waals surface area contributed by atoms with Crippen molar-refractivity contribution in [3.63, 3.8) is 0 Å². The number of pyridine rings is 1. The van der Waals surface area contributed by atoms with Crippen molar-refractivity contribution in [2.24, 2.45) is 0 Å². The predicted molar refractivity (Wildman–Crippen MR) is 102 cm³/mol. The normalized spacial score (nSPS) is 14.5. The molecule has 152 valence electrons. The SMILES string of the molecule is N#Cc1c(C(F)(F)F)cc(-c2ccccc2)nc1SCCC(=O)N1CCOCC1. The highest BCUT2D eigenvalue weighted by Crippen LogP contribution is 2.38. The minimum absolute atomic E-state index is 0.0176. The standard InChI is InChI=1S/C20H18F3N3O2S/c21-20(22,23)16-12-17(14-4-2-1-3-5-14)25-19(15(16)13-24)29-11-6-18(27)26-7-9-28-10-8-26/h1-5,12H,6-11H2. The summed E-state index contributed by atoms with van der Waals surface area (Å²) in [5.74, 6) is 0.141. The van der Waals surface area contributed by atoms with Crippen LogP contribution < -0.4 is 0 Å².